The summed E-state index contributed by atoms with van der Waals surface area (Å²) >= 11 is 15.5. The van der Waals surface area contributed by atoms with E-state index in [2.05, 4.69) is 0 Å². The van der Waals surface area contributed by atoms with Crippen LogP contribution in [0.5, 0.6) is 0 Å². The van der Waals surface area contributed by atoms with E-state index in [-0.39, 0.29) is 6.42 Å². The Bertz CT molecular complexity index is 571. The molecule has 0 aromatic rings. The number of aliphatic hydroxyl groups excluding tert-OH is 3. The molecule has 0 fully saturated rings. The zero-order chi connectivity index (χ0) is 21.4. The van der Waals surface area contributed by atoms with Crippen molar-refractivity contribution in [3.8, 4) is 0 Å². The molecule has 0 radical (unpaired) electrons. The fourth-order valence-corrected chi connectivity index (χ4v) is 4.96. The summed E-state index contributed by atoms with van der Waals surface area (Å²) in [4.78, 5) is 32.4. The molecule has 0 aliphatic carbocycles. The van der Waals surface area contributed by atoms with Gasteiger partial charge in [0.2, 0.25) is 0 Å². The van der Waals surface area contributed by atoms with Gasteiger partial charge in [0.25, 0.3) is 0 Å². The van der Waals surface area contributed by atoms with Crippen LogP contribution in [0.25, 0.3) is 0 Å². The van der Waals surface area contributed by atoms with Crippen molar-refractivity contribution >= 4 is 69.2 Å². The summed E-state index contributed by atoms with van der Waals surface area (Å²) in [6.45, 7) is -2.45. The van der Waals surface area contributed by atoms with Crippen molar-refractivity contribution in [2.24, 2.45) is 10.8 Å². The molecule has 0 saturated heterocycles. The number of carbonyl (C=O) groups is 3. The van der Waals surface area contributed by atoms with Crippen LogP contribution in [-0.2, 0) is 14.4 Å². The SMILES string of the molecule is O=C(O)CC(=S)C(C(=S)CC(=O)O)(C(=S)CC(=O)O)C(CO)(CO)CCO. The lowest BCUT2D eigenvalue weighted by Crippen LogP contribution is -2.61. The van der Waals surface area contributed by atoms with Crippen molar-refractivity contribution in [3.05, 3.63) is 0 Å². The molecular weight excluding hydrogens is 420 g/mol. The van der Waals surface area contributed by atoms with Crippen LogP contribution in [0.4, 0.5) is 0 Å². The van der Waals surface area contributed by atoms with Crippen LogP contribution in [0.2, 0.25) is 0 Å². The summed E-state index contributed by atoms with van der Waals surface area (Å²) in [5.41, 5.74) is -4.05. The Labute approximate surface area is 170 Å². The monoisotopic (exact) mass is 440 g/mol. The van der Waals surface area contributed by atoms with Crippen molar-refractivity contribution in [1.82, 2.24) is 0 Å². The number of aliphatic carboxylic acids is 3. The van der Waals surface area contributed by atoms with E-state index in [9.17, 15) is 29.7 Å². The van der Waals surface area contributed by atoms with Crippen LogP contribution >= 0.6 is 36.7 Å². The van der Waals surface area contributed by atoms with Gasteiger partial charge in [-0.15, -0.1) is 0 Å². The average Bonchev–Trinajstić information content (AvgIpc) is 2.52. The van der Waals surface area contributed by atoms with E-state index in [0.29, 0.717) is 0 Å². The second kappa shape index (κ2) is 10.8. The quantitative estimate of drug-likeness (QED) is 0.198. The van der Waals surface area contributed by atoms with Gasteiger partial charge in [-0.1, -0.05) is 36.7 Å². The molecule has 0 aliphatic heterocycles. The minimum absolute atomic E-state index is 0.390. The Morgan fingerprint density at radius 2 is 0.963 bits per heavy atom. The number of thiocarbonyl (C=S) groups is 3. The van der Waals surface area contributed by atoms with Gasteiger partial charge in [-0.3, -0.25) is 14.4 Å². The lowest BCUT2D eigenvalue weighted by molar-refractivity contribution is -0.136. The van der Waals surface area contributed by atoms with Crippen LogP contribution in [0, 0.1) is 10.8 Å². The molecule has 6 N–H and O–H groups in total. The lowest BCUT2D eigenvalue weighted by Gasteiger charge is -2.50. The third kappa shape index (κ3) is 5.53. The largest absolute Gasteiger partial charge is 0.481 e. The number of aliphatic hydroxyl groups is 3. The maximum atomic E-state index is 11.2. The molecule has 0 aliphatic rings. The van der Waals surface area contributed by atoms with Gasteiger partial charge in [-0.05, 0) is 6.42 Å². The third-order valence-electron chi connectivity index (χ3n) is 4.18. The normalized spacial score (nSPS) is 11.7. The molecule has 0 amide bonds. The van der Waals surface area contributed by atoms with Gasteiger partial charge in [0.1, 0.15) is 0 Å². The molecule has 0 rings (SSSR count). The molecule has 0 bridgehead atoms. The van der Waals surface area contributed by atoms with E-state index >= 15 is 0 Å². The van der Waals surface area contributed by atoms with E-state index in [4.69, 9.17) is 52.0 Å². The molecule has 9 nitrogen and oxygen atoms in total. The van der Waals surface area contributed by atoms with Gasteiger partial charge in [0, 0.05) is 26.6 Å². The van der Waals surface area contributed by atoms with Crippen molar-refractivity contribution in [3.63, 3.8) is 0 Å². The topological polar surface area (TPSA) is 173 Å². The summed E-state index contributed by atoms with van der Waals surface area (Å²) in [6, 6.07) is 0. The van der Waals surface area contributed by atoms with E-state index in [1.807, 2.05) is 0 Å². The van der Waals surface area contributed by atoms with E-state index in [1.54, 1.807) is 0 Å². The number of rotatable bonds is 14. The fraction of sp³-hybridized carbons (Fsp3) is 0.600. The highest BCUT2D eigenvalue weighted by Crippen LogP contribution is 2.48. The van der Waals surface area contributed by atoms with Gasteiger partial charge in [0.05, 0.1) is 37.9 Å². The third-order valence-corrected chi connectivity index (χ3v) is 5.53. The Kier molecular flexibility index (Phi) is 10.2. The molecule has 0 aromatic heterocycles. The van der Waals surface area contributed by atoms with Crippen LogP contribution in [0.1, 0.15) is 25.7 Å². The summed E-state index contributed by atoms with van der Waals surface area (Å²) in [5, 5.41) is 56.8. The fourth-order valence-electron chi connectivity index (χ4n) is 3.01. The van der Waals surface area contributed by atoms with Crippen molar-refractivity contribution in [2.75, 3.05) is 19.8 Å². The minimum atomic E-state index is -2.17. The number of carboxylic acid groups (broad SMARTS) is 3. The van der Waals surface area contributed by atoms with E-state index in [0.717, 1.165) is 0 Å². The predicted octanol–water partition coefficient (Wildman–Crippen LogP) is -0.140. The highest BCUT2D eigenvalue weighted by Gasteiger charge is 2.58. The highest BCUT2D eigenvalue weighted by atomic mass is 32.1. The Hall–Kier alpha value is -1.44. The van der Waals surface area contributed by atoms with Crippen LogP contribution < -0.4 is 0 Å². The van der Waals surface area contributed by atoms with Crippen LogP contribution in [0.3, 0.4) is 0 Å². The van der Waals surface area contributed by atoms with E-state index < -0.39 is 82.4 Å². The Morgan fingerprint density at radius 1 is 0.667 bits per heavy atom. The summed E-state index contributed by atoms with van der Waals surface area (Å²) in [7, 11) is 0. The molecular formula is C15H20O9S3. The number of hydrogen-bond acceptors (Lipinski definition) is 9. The molecule has 12 heteroatoms. The van der Waals surface area contributed by atoms with Gasteiger partial charge < -0.3 is 30.6 Å². The molecule has 0 spiro atoms. The summed E-state index contributed by atoms with van der Waals surface area (Å²) in [5.74, 6) is -4.27. The lowest BCUT2D eigenvalue weighted by atomic mass is 9.55. The summed E-state index contributed by atoms with van der Waals surface area (Å²) < 4.78 is 0. The molecule has 0 aromatic carbocycles. The Balaban J connectivity index is 6.97. The van der Waals surface area contributed by atoms with Gasteiger partial charge in [0.15, 0.2) is 0 Å². The number of hydrogen-bond donors (Lipinski definition) is 6. The van der Waals surface area contributed by atoms with Crippen molar-refractivity contribution in [2.45, 2.75) is 25.7 Å². The van der Waals surface area contributed by atoms with Crippen molar-refractivity contribution < 1.29 is 45.0 Å². The average molecular weight is 441 g/mol. The highest BCUT2D eigenvalue weighted by molar-refractivity contribution is 7.84. The van der Waals surface area contributed by atoms with Crippen LogP contribution in [-0.4, -0.2) is 83.0 Å². The molecule has 27 heavy (non-hydrogen) atoms. The van der Waals surface area contributed by atoms with Crippen LogP contribution in [0.15, 0.2) is 0 Å². The smallest absolute Gasteiger partial charge is 0.308 e. The first-order valence-corrected chi connectivity index (χ1v) is 8.75. The first-order valence-electron chi connectivity index (χ1n) is 7.53. The zero-order valence-electron chi connectivity index (χ0n) is 14.1. The van der Waals surface area contributed by atoms with Gasteiger partial charge >= 0.3 is 17.9 Å². The summed E-state index contributed by atoms with van der Waals surface area (Å²) in [6.07, 6.45) is -2.93. The standard InChI is InChI=1S/C15H20O9S3/c16-2-1-14(6-17,7-18)15(8(25)3-11(19)20,9(26)4-12(21)22)10(27)5-13(23)24/h16-18H,1-7H2,(H,19,20)(H,21,22)(H,23,24). The molecule has 152 valence electrons. The predicted molar refractivity (Wildman–Crippen MR) is 105 cm³/mol. The first kappa shape index (κ1) is 25.6. The number of carboxylic acids is 3. The van der Waals surface area contributed by atoms with Crippen molar-refractivity contribution in [1.29, 1.82) is 0 Å². The minimum Gasteiger partial charge on any atom is -0.481 e. The Morgan fingerprint density at radius 3 is 1.15 bits per heavy atom. The second-order valence-corrected chi connectivity index (χ2v) is 7.28. The maximum Gasteiger partial charge on any atom is 0.308 e. The van der Waals surface area contributed by atoms with Gasteiger partial charge in [-0.2, -0.15) is 0 Å². The molecule has 0 atom stereocenters. The molecule has 0 saturated carbocycles. The van der Waals surface area contributed by atoms with Gasteiger partial charge in [-0.25, -0.2) is 0 Å². The first-order chi connectivity index (χ1) is 12.4. The molecule has 0 heterocycles. The maximum absolute atomic E-state index is 11.2. The second-order valence-electron chi connectivity index (χ2n) is 5.80. The van der Waals surface area contributed by atoms with E-state index in [1.165, 1.54) is 0 Å². The zero-order valence-corrected chi connectivity index (χ0v) is 16.5. The molecule has 0 unspecified atom stereocenters.